The summed E-state index contributed by atoms with van der Waals surface area (Å²) in [6, 6.07) is 0. The zero-order valence-electron chi connectivity index (χ0n) is 16.0. The van der Waals surface area contributed by atoms with Gasteiger partial charge in [0.15, 0.2) is 0 Å². The molecule has 0 aromatic heterocycles. The van der Waals surface area contributed by atoms with Crippen LogP contribution >= 0.6 is 0 Å². The normalized spacial score (nSPS) is 12.8. The minimum absolute atomic E-state index is 0.126. The number of allylic oxidation sites excluding steroid dienone is 7. The maximum Gasteiger partial charge on any atom is 0.246 e. The minimum Gasteiger partial charge on any atom is -0.303 e. The Morgan fingerprint density at radius 3 is 2.11 bits per heavy atom. The largest absolute Gasteiger partial charge is 0.303 e. The highest BCUT2D eigenvalue weighted by atomic mass is 16.6. The second-order valence-electron chi connectivity index (χ2n) is 6.08. The van der Waals surface area contributed by atoms with Crippen molar-refractivity contribution in [2.24, 2.45) is 0 Å². The number of rotatable bonds is 16. The molecular weight excluding hydrogens is 348 g/mol. The van der Waals surface area contributed by atoms with Crippen molar-refractivity contribution in [2.45, 2.75) is 71.1 Å². The van der Waals surface area contributed by atoms with Crippen LogP contribution < -0.4 is 0 Å². The molecule has 0 atom stereocenters. The van der Waals surface area contributed by atoms with Crippen LogP contribution in [-0.2, 0) is 4.79 Å². The van der Waals surface area contributed by atoms with Crippen molar-refractivity contribution in [3.63, 3.8) is 0 Å². The molecule has 0 fully saturated rings. The quantitative estimate of drug-likeness (QED) is 0.115. The van der Waals surface area contributed by atoms with Crippen LogP contribution in [0.1, 0.15) is 71.1 Å². The average molecular weight is 378 g/mol. The Morgan fingerprint density at radius 1 is 0.815 bits per heavy atom. The van der Waals surface area contributed by atoms with Crippen LogP contribution in [0.25, 0.3) is 0 Å². The molecule has 0 saturated carbocycles. The van der Waals surface area contributed by atoms with Crippen molar-refractivity contribution in [3.05, 3.63) is 68.1 Å². The zero-order valence-corrected chi connectivity index (χ0v) is 16.0. The van der Waals surface area contributed by atoms with Gasteiger partial charge in [0.1, 0.15) is 6.29 Å². The molecular formula is C20H30N2O5. The molecule has 0 aliphatic carbocycles. The van der Waals surface area contributed by atoms with Crippen molar-refractivity contribution >= 4 is 6.29 Å². The lowest BCUT2D eigenvalue weighted by Crippen LogP contribution is -1.98. The number of carbonyl (C=O) groups excluding carboxylic acids is 1. The predicted octanol–water partition coefficient (Wildman–Crippen LogP) is 5.54. The lowest BCUT2D eigenvalue weighted by Gasteiger charge is -1.96. The van der Waals surface area contributed by atoms with Gasteiger partial charge in [-0.05, 0) is 44.3 Å². The second kappa shape index (κ2) is 16.9. The molecule has 7 heteroatoms. The van der Waals surface area contributed by atoms with E-state index in [4.69, 9.17) is 0 Å². The van der Waals surface area contributed by atoms with E-state index in [1.54, 1.807) is 18.2 Å². The van der Waals surface area contributed by atoms with E-state index in [0.717, 1.165) is 32.0 Å². The fraction of sp³-hybridized carbons (Fsp3) is 0.550. The highest BCUT2D eigenvalue weighted by Gasteiger charge is 2.08. The average Bonchev–Trinajstić information content (AvgIpc) is 2.63. The lowest BCUT2D eigenvalue weighted by molar-refractivity contribution is -0.428. The standard InChI is InChI=1S/C20H30N2O5/c1-2-3-4-9-14-19(21(24)25)15-10-7-5-6-8-11-16-20(22(26)27)17-12-13-18-23/h6-8,10,14,16,18H,2-5,9,11-13,15,17H2,1H3/b8-6-,10-7-,19-14+,20-16+. The van der Waals surface area contributed by atoms with Crippen LogP contribution in [0.4, 0.5) is 0 Å². The van der Waals surface area contributed by atoms with E-state index in [1.165, 1.54) is 0 Å². The van der Waals surface area contributed by atoms with Gasteiger partial charge in [0.2, 0.25) is 11.4 Å². The summed E-state index contributed by atoms with van der Waals surface area (Å²) < 4.78 is 0. The SMILES string of the molecule is CCCCC/C=C(\C/C=C\C/C=C\C/C=C(\CCCC=O)[N+](=O)[O-])[N+](=O)[O-]. The van der Waals surface area contributed by atoms with Crippen molar-refractivity contribution < 1.29 is 14.6 Å². The van der Waals surface area contributed by atoms with Gasteiger partial charge in [-0.1, -0.05) is 44.1 Å². The van der Waals surface area contributed by atoms with Gasteiger partial charge in [0.05, 0.1) is 16.3 Å². The number of unbranched alkanes of at least 4 members (excludes halogenated alkanes) is 4. The van der Waals surface area contributed by atoms with Gasteiger partial charge in [-0.2, -0.15) is 0 Å². The molecule has 0 saturated heterocycles. The summed E-state index contributed by atoms with van der Waals surface area (Å²) >= 11 is 0. The molecule has 7 nitrogen and oxygen atoms in total. The summed E-state index contributed by atoms with van der Waals surface area (Å²) in [6.45, 7) is 2.09. The first-order chi connectivity index (χ1) is 13.0. The summed E-state index contributed by atoms with van der Waals surface area (Å²) in [7, 11) is 0. The number of hydrogen-bond acceptors (Lipinski definition) is 5. The number of hydrogen-bond donors (Lipinski definition) is 0. The van der Waals surface area contributed by atoms with Gasteiger partial charge in [-0.15, -0.1) is 0 Å². The zero-order chi connectivity index (χ0) is 20.3. The van der Waals surface area contributed by atoms with Gasteiger partial charge in [-0.3, -0.25) is 20.2 Å². The Bertz CT molecular complexity index is 577. The lowest BCUT2D eigenvalue weighted by atomic mass is 10.1. The topological polar surface area (TPSA) is 103 Å². The van der Waals surface area contributed by atoms with E-state index in [0.29, 0.717) is 32.1 Å². The number of carbonyl (C=O) groups is 1. The Hall–Kier alpha value is -2.57. The summed E-state index contributed by atoms with van der Waals surface area (Å²) in [5.74, 6) is 0. The van der Waals surface area contributed by atoms with Gasteiger partial charge in [0, 0.05) is 12.8 Å². The molecule has 0 aromatic rings. The first-order valence-electron chi connectivity index (χ1n) is 9.43. The van der Waals surface area contributed by atoms with E-state index < -0.39 is 4.92 Å². The van der Waals surface area contributed by atoms with Crippen LogP contribution in [0.15, 0.2) is 47.9 Å². The molecule has 0 spiro atoms. The third-order valence-electron chi connectivity index (χ3n) is 3.83. The van der Waals surface area contributed by atoms with Gasteiger partial charge in [-0.25, -0.2) is 0 Å². The van der Waals surface area contributed by atoms with E-state index >= 15 is 0 Å². The fourth-order valence-corrected chi connectivity index (χ4v) is 2.31. The first kappa shape index (κ1) is 24.4. The Kier molecular flexibility index (Phi) is 15.3. The Morgan fingerprint density at radius 2 is 1.48 bits per heavy atom. The number of aldehydes is 1. The minimum atomic E-state index is -0.412. The van der Waals surface area contributed by atoms with E-state index in [1.807, 2.05) is 18.2 Å². The molecule has 0 amide bonds. The Balaban J connectivity index is 4.27. The molecule has 0 aliphatic rings. The Labute approximate surface area is 160 Å². The number of nitrogens with zero attached hydrogens (tertiary/aromatic N) is 2. The van der Waals surface area contributed by atoms with Crippen molar-refractivity contribution in [1.29, 1.82) is 0 Å². The van der Waals surface area contributed by atoms with Gasteiger partial charge < -0.3 is 4.79 Å². The van der Waals surface area contributed by atoms with Crippen molar-refractivity contribution in [2.75, 3.05) is 0 Å². The maximum atomic E-state index is 11.0. The molecule has 150 valence electrons. The smallest absolute Gasteiger partial charge is 0.246 e. The monoisotopic (exact) mass is 378 g/mol. The van der Waals surface area contributed by atoms with E-state index in [-0.39, 0.29) is 22.7 Å². The van der Waals surface area contributed by atoms with Gasteiger partial charge >= 0.3 is 0 Å². The second-order valence-corrected chi connectivity index (χ2v) is 6.08. The van der Waals surface area contributed by atoms with Gasteiger partial charge in [0.25, 0.3) is 0 Å². The van der Waals surface area contributed by atoms with E-state index in [2.05, 4.69) is 6.92 Å². The van der Waals surface area contributed by atoms with Crippen LogP contribution in [-0.4, -0.2) is 16.1 Å². The summed E-state index contributed by atoms with van der Waals surface area (Å²) in [4.78, 5) is 31.4. The molecule has 0 rings (SSSR count). The third kappa shape index (κ3) is 14.3. The summed E-state index contributed by atoms with van der Waals surface area (Å²) in [5, 5.41) is 21.9. The molecule has 0 unspecified atom stereocenters. The van der Waals surface area contributed by atoms with Crippen molar-refractivity contribution in [1.82, 2.24) is 0 Å². The predicted molar refractivity (Wildman–Crippen MR) is 106 cm³/mol. The summed E-state index contributed by atoms with van der Waals surface area (Å²) in [6.07, 6.45) is 17.6. The fourth-order valence-electron chi connectivity index (χ4n) is 2.31. The third-order valence-corrected chi connectivity index (χ3v) is 3.83. The van der Waals surface area contributed by atoms with Crippen LogP contribution in [0.3, 0.4) is 0 Å². The molecule has 0 bridgehead atoms. The molecule has 0 aromatic carbocycles. The molecule has 0 radical (unpaired) electrons. The molecule has 0 heterocycles. The van der Waals surface area contributed by atoms with Crippen LogP contribution in [0.5, 0.6) is 0 Å². The first-order valence-corrected chi connectivity index (χ1v) is 9.43. The van der Waals surface area contributed by atoms with Crippen LogP contribution in [0, 0.1) is 20.2 Å². The molecule has 0 aliphatic heterocycles. The highest BCUT2D eigenvalue weighted by molar-refractivity contribution is 5.49. The molecule has 27 heavy (non-hydrogen) atoms. The maximum absolute atomic E-state index is 11.0. The highest BCUT2D eigenvalue weighted by Crippen LogP contribution is 2.10. The molecule has 0 N–H and O–H groups in total. The van der Waals surface area contributed by atoms with E-state index in [9.17, 15) is 25.0 Å². The van der Waals surface area contributed by atoms with Crippen LogP contribution in [0.2, 0.25) is 0 Å². The van der Waals surface area contributed by atoms with Crippen molar-refractivity contribution in [3.8, 4) is 0 Å². The number of nitro groups is 2. The summed E-state index contributed by atoms with van der Waals surface area (Å²) in [5.41, 5.74) is 0.348.